The number of halogens is 1. The molecule has 2 unspecified atom stereocenters. The van der Waals surface area contributed by atoms with Crippen LogP contribution in [0.2, 0.25) is 0 Å². The molecule has 0 bridgehead atoms. The van der Waals surface area contributed by atoms with Gasteiger partial charge in [-0.25, -0.2) is 0 Å². The molecule has 0 amide bonds. The maximum absolute atomic E-state index is 3.64. The van der Waals surface area contributed by atoms with Crippen molar-refractivity contribution < 1.29 is 0 Å². The van der Waals surface area contributed by atoms with E-state index in [2.05, 4.69) is 80.1 Å². The Bertz CT molecular complexity index is 350. The van der Waals surface area contributed by atoms with E-state index in [1.165, 1.54) is 5.56 Å². The first kappa shape index (κ1) is 15.7. The lowest BCUT2D eigenvalue weighted by atomic mass is 9.82. The molecule has 0 spiro atoms. The molecule has 1 aromatic rings. The van der Waals surface area contributed by atoms with E-state index in [0.29, 0.717) is 17.4 Å². The second kappa shape index (κ2) is 6.72. The molecule has 1 N–H and O–H groups in total. The van der Waals surface area contributed by atoms with Gasteiger partial charge in [-0.2, -0.15) is 0 Å². The van der Waals surface area contributed by atoms with Crippen molar-refractivity contribution in [1.29, 1.82) is 0 Å². The number of hydrogen-bond acceptors (Lipinski definition) is 1. The van der Waals surface area contributed by atoms with Crippen LogP contribution in [0.15, 0.2) is 28.7 Å². The third-order valence-corrected chi connectivity index (χ3v) is 4.23. The summed E-state index contributed by atoms with van der Waals surface area (Å²) in [6.07, 6.45) is 1.09. The zero-order chi connectivity index (χ0) is 13.8. The van der Waals surface area contributed by atoms with Crippen LogP contribution in [0.25, 0.3) is 0 Å². The van der Waals surface area contributed by atoms with Crippen LogP contribution in [-0.4, -0.2) is 12.6 Å². The zero-order valence-electron chi connectivity index (χ0n) is 12.3. The Balaban J connectivity index is 2.38. The van der Waals surface area contributed by atoms with Crippen LogP contribution in [-0.2, 0) is 6.42 Å². The van der Waals surface area contributed by atoms with Gasteiger partial charge in [0.15, 0.2) is 0 Å². The highest BCUT2D eigenvalue weighted by molar-refractivity contribution is 9.10. The predicted octanol–water partition coefficient (Wildman–Crippen LogP) is 4.65. The maximum atomic E-state index is 3.64. The van der Waals surface area contributed by atoms with Crippen molar-refractivity contribution in [3.05, 3.63) is 34.3 Å². The van der Waals surface area contributed by atoms with Crippen LogP contribution in [0.1, 0.15) is 40.2 Å². The van der Waals surface area contributed by atoms with Gasteiger partial charge < -0.3 is 5.32 Å². The Hall–Kier alpha value is -0.340. The monoisotopic (exact) mass is 311 g/mol. The molecule has 2 atom stereocenters. The minimum absolute atomic E-state index is 0.379. The summed E-state index contributed by atoms with van der Waals surface area (Å²) in [6, 6.07) is 9.13. The summed E-state index contributed by atoms with van der Waals surface area (Å²) >= 11 is 3.47. The maximum Gasteiger partial charge on any atom is 0.0175 e. The quantitative estimate of drug-likeness (QED) is 0.834. The van der Waals surface area contributed by atoms with Gasteiger partial charge in [-0.05, 0) is 48.9 Å². The van der Waals surface area contributed by atoms with Gasteiger partial charge in [0, 0.05) is 10.5 Å². The van der Waals surface area contributed by atoms with Crippen molar-refractivity contribution in [2.75, 3.05) is 6.54 Å². The molecule has 102 valence electrons. The van der Waals surface area contributed by atoms with E-state index >= 15 is 0 Å². The molecule has 0 aromatic heterocycles. The summed E-state index contributed by atoms with van der Waals surface area (Å²) in [5.41, 5.74) is 1.77. The average molecular weight is 312 g/mol. The summed E-state index contributed by atoms with van der Waals surface area (Å²) < 4.78 is 1.15. The van der Waals surface area contributed by atoms with Crippen molar-refractivity contribution in [3.8, 4) is 0 Å². The molecule has 0 saturated carbocycles. The summed E-state index contributed by atoms with van der Waals surface area (Å²) in [5.74, 6) is 0.685. The zero-order valence-corrected chi connectivity index (χ0v) is 13.8. The van der Waals surface area contributed by atoms with Gasteiger partial charge in [0.2, 0.25) is 0 Å². The Morgan fingerprint density at radius 3 is 2.17 bits per heavy atom. The molecule has 1 rings (SSSR count). The Morgan fingerprint density at radius 1 is 1.11 bits per heavy atom. The van der Waals surface area contributed by atoms with Crippen LogP contribution in [0.5, 0.6) is 0 Å². The molecule has 2 heteroatoms. The largest absolute Gasteiger partial charge is 0.314 e. The summed E-state index contributed by atoms with van der Waals surface area (Å²) in [5, 5.41) is 3.64. The molecule has 1 aromatic carbocycles. The smallest absolute Gasteiger partial charge is 0.0175 e. The molecule has 0 radical (unpaired) electrons. The standard InChI is InChI=1S/C16H26BrN/c1-12(16(3,4)5)11-18-13(2)10-14-6-8-15(17)9-7-14/h6-9,12-13,18H,10-11H2,1-5H3. The van der Waals surface area contributed by atoms with E-state index in [9.17, 15) is 0 Å². The normalized spacial score (nSPS) is 15.4. The molecule has 0 aliphatic carbocycles. The van der Waals surface area contributed by atoms with Crippen molar-refractivity contribution >= 4 is 15.9 Å². The van der Waals surface area contributed by atoms with Crippen molar-refractivity contribution in [1.82, 2.24) is 5.32 Å². The highest BCUT2D eigenvalue weighted by Gasteiger charge is 2.19. The topological polar surface area (TPSA) is 12.0 Å². The lowest BCUT2D eigenvalue weighted by Crippen LogP contribution is -2.36. The van der Waals surface area contributed by atoms with Crippen LogP contribution in [0, 0.1) is 11.3 Å². The van der Waals surface area contributed by atoms with E-state index in [1.54, 1.807) is 0 Å². The van der Waals surface area contributed by atoms with Crippen LogP contribution < -0.4 is 5.32 Å². The van der Waals surface area contributed by atoms with Gasteiger partial charge in [-0.3, -0.25) is 0 Å². The predicted molar refractivity (Wildman–Crippen MR) is 83.9 cm³/mol. The van der Waals surface area contributed by atoms with Gasteiger partial charge in [-0.15, -0.1) is 0 Å². The summed E-state index contributed by atoms with van der Waals surface area (Å²) in [7, 11) is 0. The number of hydrogen-bond donors (Lipinski definition) is 1. The molecule has 0 fully saturated rings. The molecule has 0 aliphatic rings. The number of rotatable bonds is 5. The lowest BCUT2D eigenvalue weighted by molar-refractivity contribution is 0.246. The molecule has 18 heavy (non-hydrogen) atoms. The van der Waals surface area contributed by atoms with Crippen LogP contribution in [0.4, 0.5) is 0 Å². The van der Waals surface area contributed by atoms with Crippen molar-refractivity contribution in [2.24, 2.45) is 11.3 Å². The molecular weight excluding hydrogens is 286 g/mol. The first-order chi connectivity index (χ1) is 8.29. The first-order valence-corrected chi connectivity index (χ1v) is 7.56. The van der Waals surface area contributed by atoms with E-state index in [1.807, 2.05) is 0 Å². The molecule has 0 aliphatic heterocycles. The number of benzene rings is 1. The van der Waals surface area contributed by atoms with Crippen molar-refractivity contribution in [3.63, 3.8) is 0 Å². The second-order valence-corrected chi connectivity index (χ2v) is 7.32. The van der Waals surface area contributed by atoms with Gasteiger partial charge in [0.05, 0.1) is 0 Å². The number of nitrogens with one attached hydrogen (secondary N) is 1. The Kier molecular flexibility index (Phi) is 5.87. The van der Waals surface area contributed by atoms with Gasteiger partial charge >= 0.3 is 0 Å². The highest BCUT2D eigenvalue weighted by Crippen LogP contribution is 2.24. The highest BCUT2D eigenvalue weighted by atomic mass is 79.9. The van der Waals surface area contributed by atoms with Gasteiger partial charge in [0.25, 0.3) is 0 Å². The fraction of sp³-hybridized carbons (Fsp3) is 0.625. The summed E-state index contributed by atoms with van der Waals surface area (Å²) in [6.45, 7) is 12.6. The van der Waals surface area contributed by atoms with Crippen LogP contribution >= 0.6 is 15.9 Å². The fourth-order valence-corrected chi connectivity index (χ4v) is 1.99. The van der Waals surface area contributed by atoms with Gasteiger partial charge in [0.1, 0.15) is 0 Å². The van der Waals surface area contributed by atoms with E-state index in [4.69, 9.17) is 0 Å². The van der Waals surface area contributed by atoms with E-state index < -0.39 is 0 Å². The lowest BCUT2D eigenvalue weighted by Gasteiger charge is -2.28. The summed E-state index contributed by atoms with van der Waals surface area (Å²) in [4.78, 5) is 0. The van der Waals surface area contributed by atoms with Crippen molar-refractivity contribution in [2.45, 2.75) is 47.1 Å². The minimum Gasteiger partial charge on any atom is -0.314 e. The molecule has 1 nitrogen and oxygen atoms in total. The minimum atomic E-state index is 0.379. The second-order valence-electron chi connectivity index (χ2n) is 6.41. The average Bonchev–Trinajstić information content (AvgIpc) is 2.28. The third kappa shape index (κ3) is 5.53. The van der Waals surface area contributed by atoms with E-state index in [0.717, 1.165) is 17.4 Å². The first-order valence-electron chi connectivity index (χ1n) is 6.77. The van der Waals surface area contributed by atoms with Crippen LogP contribution in [0.3, 0.4) is 0 Å². The van der Waals surface area contributed by atoms with Gasteiger partial charge in [-0.1, -0.05) is 55.8 Å². The third-order valence-electron chi connectivity index (χ3n) is 3.71. The molecule has 0 saturated heterocycles. The Morgan fingerprint density at radius 2 is 1.67 bits per heavy atom. The SMILES string of the molecule is CC(Cc1ccc(Br)cc1)NCC(C)C(C)(C)C. The molecule has 0 heterocycles. The fourth-order valence-electron chi connectivity index (χ4n) is 1.73. The Labute approximate surface area is 120 Å². The van der Waals surface area contributed by atoms with E-state index in [-0.39, 0.29) is 0 Å². The molecular formula is C16H26BrN.